The molecule has 0 spiro atoms. The minimum atomic E-state index is -1.15. The van der Waals surface area contributed by atoms with Crippen LogP contribution in [-0.2, 0) is 0 Å². The van der Waals surface area contributed by atoms with Crippen molar-refractivity contribution in [3.8, 4) is 5.75 Å². The molecule has 0 aromatic heterocycles. The van der Waals surface area contributed by atoms with Gasteiger partial charge >= 0.3 is 0 Å². The Morgan fingerprint density at radius 2 is 2.25 bits per heavy atom. The summed E-state index contributed by atoms with van der Waals surface area (Å²) in [6.07, 6.45) is 1.35. The number of carbonyl (C=O) groups excluding carboxylic acids is 2. The molecule has 0 bridgehead atoms. The maximum Gasteiger partial charge on any atom is 0.257 e. The van der Waals surface area contributed by atoms with Gasteiger partial charge in [0.15, 0.2) is 6.29 Å². The van der Waals surface area contributed by atoms with E-state index in [1.807, 2.05) is 0 Å². The van der Waals surface area contributed by atoms with Crippen molar-refractivity contribution in [2.24, 2.45) is 10.7 Å². The van der Waals surface area contributed by atoms with Gasteiger partial charge in [-0.05, 0) is 6.07 Å². The van der Waals surface area contributed by atoms with E-state index in [1.165, 1.54) is 23.2 Å². The van der Waals surface area contributed by atoms with Crippen LogP contribution in [0.1, 0.15) is 27.1 Å². The van der Waals surface area contributed by atoms with Gasteiger partial charge < -0.3 is 20.8 Å². The van der Waals surface area contributed by atoms with Crippen molar-refractivity contribution in [1.82, 2.24) is 4.90 Å². The second-order valence-corrected chi connectivity index (χ2v) is 5.07. The summed E-state index contributed by atoms with van der Waals surface area (Å²) in [6.45, 7) is 0.109. The first-order valence-corrected chi connectivity index (χ1v) is 6.11. The molecule has 0 aliphatic carbocycles. The Labute approximate surface area is 114 Å². The first-order valence-electron chi connectivity index (χ1n) is 6.11. The standard InChI is InChI=1S/C13H13N3O4/c14-13-3-8(18)4-16(13)12(20)9-1-7(5-17)11(19)2-10(9)15-6-13/h1-2,5-6,8,18-19H,3-4,14H2/t8?,13-/m0/s1. The molecule has 104 valence electrons. The number of benzene rings is 1. The summed E-state index contributed by atoms with van der Waals surface area (Å²) in [4.78, 5) is 28.8. The highest BCUT2D eigenvalue weighted by Crippen LogP contribution is 2.35. The van der Waals surface area contributed by atoms with Crippen LogP contribution in [-0.4, -0.2) is 51.8 Å². The molecule has 1 aromatic carbocycles. The zero-order valence-corrected chi connectivity index (χ0v) is 10.5. The minimum absolute atomic E-state index is 0.0107. The third-order valence-corrected chi connectivity index (χ3v) is 3.63. The minimum Gasteiger partial charge on any atom is -0.507 e. The number of aromatic hydroxyl groups is 1. The largest absolute Gasteiger partial charge is 0.507 e. The van der Waals surface area contributed by atoms with Gasteiger partial charge in [-0.1, -0.05) is 0 Å². The maximum atomic E-state index is 12.5. The lowest BCUT2D eigenvalue weighted by atomic mass is 10.1. The molecule has 4 N–H and O–H groups in total. The van der Waals surface area contributed by atoms with Crippen molar-refractivity contribution in [1.29, 1.82) is 0 Å². The zero-order chi connectivity index (χ0) is 14.5. The Morgan fingerprint density at radius 1 is 1.50 bits per heavy atom. The van der Waals surface area contributed by atoms with Crippen molar-refractivity contribution >= 4 is 24.1 Å². The molecule has 3 rings (SSSR count). The number of nitrogens with zero attached hydrogens (tertiary/aromatic N) is 2. The van der Waals surface area contributed by atoms with Crippen LogP contribution in [0.5, 0.6) is 5.75 Å². The molecule has 1 unspecified atom stereocenters. The van der Waals surface area contributed by atoms with Crippen molar-refractivity contribution in [2.75, 3.05) is 6.54 Å². The Morgan fingerprint density at radius 3 is 2.95 bits per heavy atom. The third kappa shape index (κ3) is 1.71. The molecule has 20 heavy (non-hydrogen) atoms. The van der Waals surface area contributed by atoms with E-state index in [9.17, 15) is 19.8 Å². The number of fused-ring (bicyclic) bond motifs is 2. The number of phenols is 1. The Balaban J connectivity index is 2.16. The number of rotatable bonds is 1. The monoisotopic (exact) mass is 275 g/mol. The quantitative estimate of drug-likeness (QED) is 0.613. The molecule has 1 aromatic rings. The highest BCUT2D eigenvalue weighted by molar-refractivity contribution is 6.05. The number of phenolic OH excluding ortho intramolecular Hbond substituents is 1. The average molecular weight is 275 g/mol. The van der Waals surface area contributed by atoms with Crippen molar-refractivity contribution in [2.45, 2.75) is 18.2 Å². The van der Waals surface area contributed by atoms with E-state index in [1.54, 1.807) is 0 Å². The molecule has 0 radical (unpaired) electrons. The van der Waals surface area contributed by atoms with Crippen molar-refractivity contribution in [3.05, 3.63) is 23.3 Å². The Bertz CT molecular complexity index is 643. The first kappa shape index (κ1) is 12.8. The van der Waals surface area contributed by atoms with Gasteiger partial charge in [0.25, 0.3) is 5.91 Å². The number of amides is 1. The molecular weight excluding hydrogens is 262 g/mol. The molecule has 1 fully saturated rings. The molecule has 2 atom stereocenters. The van der Waals surface area contributed by atoms with Gasteiger partial charge in [0, 0.05) is 25.2 Å². The lowest BCUT2D eigenvalue weighted by molar-refractivity contribution is 0.0686. The van der Waals surface area contributed by atoms with Gasteiger partial charge in [-0.15, -0.1) is 0 Å². The van der Waals surface area contributed by atoms with Crippen LogP contribution in [0.4, 0.5) is 5.69 Å². The molecule has 2 aliphatic heterocycles. The lowest BCUT2D eigenvalue weighted by Gasteiger charge is -2.29. The SMILES string of the molecule is N[C@]12C=Nc3cc(O)c(C=O)cc3C(=O)N1CC(O)C2. The second kappa shape index (κ2) is 4.12. The summed E-state index contributed by atoms with van der Waals surface area (Å²) in [5.74, 6) is -0.656. The molecule has 2 heterocycles. The van der Waals surface area contributed by atoms with Gasteiger partial charge in [0.1, 0.15) is 11.4 Å². The van der Waals surface area contributed by atoms with Gasteiger partial charge in [0.05, 0.1) is 22.9 Å². The van der Waals surface area contributed by atoms with Crippen molar-refractivity contribution < 1.29 is 19.8 Å². The highest BCUT2D eigenvalue weighted by atomic mass is 16.3. The van der Waals surface area contributed by atoms with Gasteiger partial charge in [-0.2, -0.15) is 0 Å². The van der Waals surface area contributed by atoms with E-state index in [-0.39, 0.29) is 35.5 Å². The van der Waals surface area contributed by atoms with Crippen LogP contribution in [0.3, 0.4) is 0 Å². The number of carbonyl (C=O) groups is 2. The molecule has 0 saturated carbocycles. The Kier molecular flexibility index (Phi) is 2.63. The molecule has 7 heteroatoms. The normalized spacial score (nSPS) is 28.0. The summed E-state index contributed by atoms with van der Waals surface area (Å²) in [5.41, 5.74) is 5.40. The lowest BCUT2D eigenvalue weighted by Crippen LogP contribution is -2.54. The number of hydrogen-bond acceptors (Lipinski definition) is 6. The second-order valence-electron chi connectivity index (χ2n) is 5.07. The van der Waals surface area contributed by atoms with E-state index >= 15 is 0 Å². The average Bonchev–Trinajstić information content (AvgIpc) is 2.67. The van der Waals surface area contributed by atoms with E-state index in [0.29, 0.717) is 6.29 Å². The summed E-state index contributed by atoms with van der Waals surface area (Å²) in [5, 5.41) is 19.3. The number of aliphatic hydroxyl groups excluding tert-OH is 1. The smallest absolute Gasteiger partial charge is 0.257 e. The number of nitrogens with two attached hydrogens (primary N) is 1. The molecule has 2 aliphatic rings. The molecule has 1 saturated heterocycles. The van der Waals surface area contributed by atoms with E-state index < -0.39 is 17.7 Å². The number of aliphatic hydroxyl groups is 1. The molecule has 7 nitrogen and oxygen atoms in total. The predicted octanol–water partition coefficient (Wildman–Crippen LogP) is -0.218. The fourth-order valence-electron chi connectivity index (χ4n) is 2.62. The molecular formula is C13H13N3O4. The summed E-state index contributed by atoms with van der Waals surface area (Å²) in [6, 6.07) is 2.54. The van der Waals surface area contributed by atoms with Crippen LogP contribution >= 0.6 is 0 Å². The summed E-state index contributed by atoms with van der Waals surface area (Å²) < 4.78 is 0. The van der Waals surface area contributed by atoms with Gasteiger partial charge in [0.2, 0.25) is 0 Å². The number of aliphatic imine (C=N–C) groups is 1. The summed E-state index contributed by atoms with van der Waals surface area (Å²) in [7, 11) is 0. The van der Waals surface area contributed by atoms with Gasteiger partial charge in [-0.25, -0.2) is 0 Å². The maximum absolute atomic E-state index is 12.5. The van der Waals surface area contributed by atoms with Crippen LogP contribution in [0.15, 0.2) is 17.1 Å². The fraction of sp³-hybridized carbons (Fsp3) is 0.308. The van der Waals surface area contributed by atoms with Crippen molar-refractivity contribution in [3.63, 3.8) is 0 Å². The molecule has 1 amide bonds. The fourth-order valence-corrected chi connectivity index (χ4v) is 2.62. The van der Waals surface area contributed by atoms with E-state index in [4.69, 9.17) is 5.73 Å². The van der Waals surface area contributed by atoms with Crippen LogP contribution in [0, 0.1) is 0 Å². The zero-order valence-electron chi connectivity index (χ0n) is 10.5. The highest BCUT2D eigenvalue weighted by Gasteiger charge is 2.45. The van der Waals surface area contributed by atoms with E-state index in [2.05, 4.69) is 4.99 Å². The van der Waals surface area contributed by atoms with Crippen LogP contribution < -0.4 is 5.73 Å². The van der Waals surface area contributed by atoms with E-state index in [0.717, 1.165) is 0 Å². The first-order chi connectivity index (χ1) is 9.44. The predicted molar refractivity (Wildman–Crippen MR) is 70.2 cm³/mol. The number of aldehydes is 1. The third-order valence-electron chi connectivity index (χ3n) is 3.63. The Hall–Kier alpha value is -2.25. The van der Waals surface area contributed by atoms with Gasteiger partial charge in [-0.3, -0.25) is 14.6 Å². The van der Waals surface area contributed by atoms with Crippen LogP contribution in [0.2, 0.25) is 0 Å². The summed E-state index contributed by atoms with van der Waals surface area (Å²) >= 11 is 0. The number of hydrogen-bond donors (Lipinski definition) is 3. The van der Waals surface area contributed by atoms with Crippen LogP contribution in [0.25, 0.3) is 0 Å². The topological polar surface area (TPSA) is 116 Å².